The number of aryl methyl sites for hydroxylation is 4. The van der Waals surface area contributed by atoms with Crippen LogP contribution in [0.25, 0.3) is 11.1 Å². The van der Waals surface area contributed by atoms with Gasteiger partial charge in [0.25, 0.3) is 0 Å². The van der Waals surface area contributed by atoms with Gasteiger partial charge in [0.2, 0.25) is 0 Å². The van der Waals surface area contributed by atoms with Crippen LogP contribution in [-0.2, 0) is 5.41 Å². The predicted octanol–water partition coefficient (Wildman–Crippen LogP) is 13.6. The van der Waals surface area contributed by atoms with Gasteiger partial charge in [-0.3, -0.25) is 0 Å². The Morgan fingerprint density at radius 2 is 0.569 bits per heavy atom. The maximum Gasteiger partial charge on any atom is 0.127 e. The maximum absolute atomic E-state index is 5.80. The van der Waals surface area contributed by atoms with E-state index in [0.717, 1.165) is 23.0 Å². The van der Waals surface area contributed by atoms with Crippen molar-refractivity contribution < 1.29 is 9.47 Å². The summed E-state index contributed by atoms with van der Waals surface area (Å²) in [6, 6.07) is 59.5. The van der Waals surface area contributed by atoms with Crippen molar-refractivity contribution in [3.63, 3.8) is 0 Å². The van der Waals surface area contributed by atoms with E-state index in [1.165, 1.54) is 55.6 Å². The molecular formula is C49H46O2. The topological polar surface area (TPSA) is 18.5 Å². The minimum Gasteiger partial charge on any atom is -0.457 e. The SMILES string of the molecule is CC.Cc1ccc(C2(c3ccc(C)cc3)c3ccccc3-c3ccccc32)cc1.Cc1ccc(Oc2ccc(Oc3ccc(C)cc3)cc2)cc1. The minimum absolute atomic E-state index is 0.269. The molecule has 7 aromatic rings. The highest BCUT2D eigenvalue weighted by atomic mass is 16.5. The summed E-state index contributed by atoms with van der Waals surface area (Å²) >= 11 is 0. The Kier molecular flexibility index (Phi) is 10.8. The number of benzene rings is 7. The van der Waals surface area contributed by atoms with Gasteiger partial charge in [-0.25, -0.2) is 0 Å². The number of rotatable bonds is 6. The van der Waals surface area contributed by atoms with E-state index in [9.17, 15) is 0 Å². The molecule has 0 unspecified atom stereocenters. The normalized spacial score (nSPS) is 11.9. The summed E-state index contributed by atoms with van der Waals surface area (Å²) in [5.74, 6) is 3.25. The molecular weight excluding hydrogens is 621 g/mol. The van der Waals surface area contributed by atoms with Crippen LogP contribution >= 0.6 is 0 Å². The number of hydrogen-bond acceptors (Lipinski definition) is 2. The second-order valence-electron chi connectivity index (χ2n) is 12.9. The van der Waals surface area contributed by atoms with Crippen molar-refractivity contribution in [2.75, 3.05) is 0 Å². The number of hydrogen-bond donors (Lipinski definition) is 0. The molecule has 0 heterocycles. The molecule has 1 aliphatic rings. The Morgan fingerprint density at radius 1 is 0.314 bits per heavy atom. The van der Waals surface area contributed by atoms with E-state index in [2.05, 4.69) is 125 Å². The van der Waals surface area contributed by atoms with Gasteiger partial charge in [0, 0.05) is 0 Å². The van der Waals surface area contributed by atoms with Crippen LogP contribution in [0.1, 0.15) is 58.4 Å². The third-order valence-corrected chi connectivity index (χ3v) is 9.26. The van der Waals surface area contributed by atoms with Gasteiger partial charge in [0.15, 0.2) is 0 Å². The lowest BCUT2D eigenvalue weighted by Gasteiger charge is -2.34. The Hall–Kier alpha value is -5.86. The lowest BCUT2D eigenvalue weighted by Crippen LogP contribution is -2.28. The summed E-state index contributed by atoms with van der Waals surface area (Å²) in [7, 11) is 0. The van der Waals surface area contributed by atoms with E-state index in [1.54, 1.807) is 0 Å². The van der Waals surface area contributed by atoms with Gasteiger partial charge in [-0.05, 0) is 110 Å². The molecule has 0 amide bonds. The maximum atomic E-state index is 5.80. The van der Waals surface area contributed by atoms with E-state index in [-0.39, 0.29) is 5.41 Å². The van der Waals surface area contributed by atoms with Crippen molar-refractivity contribution in [1.82, 2.24) is 0 Å². The zero-order valence-electron chi connectivity index (χ0n) is 30.5. The molecule has 8 rings (SSSR count). The monoisotopic (exact) mass is 666 g/mol. The Morgan fingerprint density at radius 3 is 0.882 bits per heavy atom. The molecule has 0 spiro atoms. The van der Waals surface area contributed by atoms with Crippen LogP contribution in [0.15, 0.2) is 170 Å². The predicted molar refractivity (Wildman–Crippen MR) is 214 cm³/mol. The fourth-order valence-corrected chi connectivity index (χ4v) is 6.69. The fourth-order valence-electron chi connectivity index (χ4n) is 6.69. The first-order chi connectivity index (χ1) is 24.9. The molecule has 0 fully saturated rings. The highest BCUT2D eigenvalue weighted by Gasteiger charge is 2.45. The van der Waals surface area contributed by atoms with Crippen LogP contribution < -0.4 is 9.47 Å². The van der Waals surface area contributed by atoms with Gasteiger partial charge in [-0.2, -0.15) is 0 Å². The second kappa shape index (κ2) is 15.8. The van der Waals surface area contributed by atoms with E-state index >= 15 is 0 Å². The average Bonchev–Trinajstić information content (AvgIpc) is 3.47. The summed E-state index contributed by atoms with van der Waals surface area (Å²) in [6.45, 7) is 12.4. The summed E-state index contributed by atoms with van der Waals surface area (Å²) in [5, 5.41) is 0. The first-order valence-corrected chi connectivity index (χ1v) is 17.8. The second-order valence-corrected chi connectivity index (χ2v) is 12.9. The average molecular weight is 667 g/mol. The first kappa shape index (κ1) is 35.0. The van der Waals surface area contributed by atoms with Gasteiger partial charge >= 0.3 is 0 Å². The Bertz CT molecular complexity index is 2000. The molecule has 0 aromatic heterocycles. The minimum atomic E-state index is -0.269. The molecule has 51 heavy (non-hydrogen) atoms. The largest absolute Gasteiger partial charge is 0.457 e. The molecule has 0 aliphatic heterocycles. The molecule has 0 saturated heterocycles. The summed E-state index contributed by atoms with van der Waals surface area (Å²) in [6.07, 6.45) is 0. The number of fused-ring (bicyclic) bond motifs is 3. The highest BCUT2D eigenvalue weighted by Crippen LogP contribution is 2.55. The van der Waals surface area contributed by atoms with Crippen molar-refractivity contribution in [1.29, 1.82) is 0 Å². The standard InChI is InChI=1S/C27H22.C20H18O2.C2H6/c1-19-11-15-21(16-12-19)27(22-17-13-20(2)14-18-22)25-9-5-3-7-23(25)24-8-4-6-10-26(24)27;1-15-3-7-17(8-4-15)21-19-11-13-20(14-12-19)22-18-9-5-16(2)6-10-18;1-2/h3-18H,1-2H3;3-14H,1-2H3;1-2H3. The summed E-state index contributed by atoms with van der Waals surface area (Å²) in [5.41, 5.74) is 12.8. The number of ether oxygens (including phenoxy) is 2. The lowest BCUT2D eigenvalue weighted by molar-refractivity contribution is 0.469. The van der Waals surface area contributed by atoms with Crippen LogP contribution in [0.2, 0.25) is 0 Å². The summed E-state index contributed by atoms with van der Waals surface area (Å²) in [4.78, 5) is 0. The van der Waals surface area contributed by atoms with Crippen LogP contribution in [0, 0.1) is 27.7 Å². The van der Waals surface area contributed by atoms with Crippen molar-refractivity contribution in [2.45, 2.75) is 47.0 Å². The van der Waals surface area contributed by atoms with Crippen molar-refractivity contribution in [2.24, 2.45) is 0 Å². The zero-order chi connectivity index (χ0) is 35.8. The zero-order valence-corrected chi connectivity index (χ0v) is 30.5. The molecule has 0 saturated carbocycles. The van der Waals surface area contributed by atoms with Gasteiger partial charge < -0.3 is 9.47 Å². The quantitative estimate of drug-likeness (QED) is 0.176. The molecule has 254 valence electrons. The molecule has 7 aromatic carbocycles. The van der Waals surface area contributed by atoms with Crippen LogP contribution in [-0.4, -0.2) is 0 Å². The first-order valence-electron chi connectivity index (χ1n) is 17.8. The smallest absolute Gasteiger partial charge is 0.127 e. The van der Waals surface area contributed by atoms with E-state index < -0.39 is 0 Å². The van der Waals surface area contributed by atoms with Crippen molar-refractivity contribution in [3.8, 4) is 34.1 Å². The molecule has 0 atom stereocenters. The third-order valence-electron chi connectivity index (χ3n) is 9.26. The van der Waals surface area contributed by atoms with E-state index in [4.69, 9.17) is 9.47 Å². The van der Waals surface area contributed by atoms with E-state index in [1.807, 2.05) is 86.6 Å². The van der Waals surface area contributed by atoms with Gasteiger partial charge in [-0.1, -0.05) is 157 Å². The van der Waals surface area contributed by atoms with Gasteiger partial charge in [0.1, 0.15) is 23.0 Å². The molecule has 2 heteroatoms. The van der Waals surface area contributed by atoms with Crippen molar-refractivity contribution in [3.05, 3.63) is 214 Å². The van der Waals surface area contributed by atoms with Gasteiger partial charge in [0.05, 0.1) is 5.41 Å². The fraction of sp³-hybridized carbons (Fsp3) is 0.143. The summed E-state index contributed by atoms with van der Waals surface area (Å²) < 4.78 is 11.6. The van der Waals surface area contributed by atoms with Crippen molar-refractivity contribution >= 4 is 0 Å². The molecule has 0 radical (unpaired) electrons. The molecule has 2 nitrogen and oxygen atoms in total. The Labute approximate surface area is 304 Å². The lowest BCUT2D eigenvalue weighted by atomic mass is 9.67. The van der Waals surface area contributed by atoms with Gasteiger partial charge in [-0.15, -0.1) is 0 Å². The molecule has 0 bridgehead atoms. The molecule has 0 N–H and O–H groups in total. The highest BCUT2D eigenvalue weighted by molar-refractivity contribution is 5.86. The van der Waals surface area contributed by atoms with E-state index in [0.29, 0.717) is 0 Å². The van der Waals surface area contributed by atoms with Crippen LogP contribution in [0.3, 0.4) is 0 Å². The third kappa shape index (κ3) is 7.51. The van der Waals surface area contributed by atoms with Crippen LogP contribution in [0.5, 0.6) is 23.0 Å². The Balaban J connectivity index is 0.000000171. The van der Waals surface area contributed by atoms with Crippen LogP contribution in [0.4, 0.5) is 0 Å². The molecule has 1 aliphatic carbocycles.